The van der Waals surface area contributed by atoms with Crippen LogP contribution in [0.3, 0.4) is 0 Å². The SMILES string of the molecule is CC12CCC(=O)N1c1ccccc1C(=O)N2CCC(=O)N1CCCc2cc(Cl)ccc21. The third kappa shape index (κ3) is 3.12. The number of carbonyl (C=O) groups excluding carboxylic acids is 3. The second-order valence-corrected chi connectivity index (χ2v) is 9.03. The zero-order chi connectivity index (χ0) is 21.8. The zero-order valence-corrected chi connectivity index (χ0v) is 18.2. The van der Waals surface area contributed by atoms with Gasteiger partial charge in [-0.3, -0.25) is 19.3 Å². The largest absolute Gasteiger partial charge is 0.315 e. The summed E-state index contributed by atoms with van der Waals surface area (Å²) in [7, 11) is 0. The Labute approximate surface area is 186 Å². The van der Waals surface area contributed by atoms with Gasteiger partial charge in [0, 0.05) is 36.6 Å². The number of aryl methyl sites for hydroxylation is 1. The molecule has 3 amide bonds. The number of hydrogen-bond donors (Lipinski definition) is 0. The summed E-state index contributed by atoms with van der Waals surface area (Å²) >= 11 is 6.12. The standard InChI is InChI=1S/C24H24ClN3O3/c1-24-12-10-22(30)28(24)20-7-3-2-6-18(20)23(31)27(24)14-11-21(29)26-13-4-5-16-15-17(25)8-9-19(16)26/h2-3,6-9,15H,4-5,10-14H2,1H3. The van der Waals surface area contributed by atoms with Crippen molar-refractivity contribution in [3.05, 3.63) is 58.6 Å². The van der Waals surface area contributed by atoms with Crippen molar-refractivity contribution < 1.29 is 14.4 Å². The van der Waals surface area contributed by atoms with Crippen LogP contribution in [0.15, 0.2) is 42.5 Å². The van der Waals surface area contributed by atoms with E-state index in [1.165, 1.54) is 0 Å². The van der Waals surface area contributed by atoms with Crippen molar-refractivity contribution in [1.29, 1.82) is 0 Å². The molecule has 0 saturated carbocycles. The Morgan fingerprint density at radius 1 is 1.10 bits per heavy atom. The number of carbonyl (C=O) groups is 3. The number of amides is 3. The van der Waals surface area contributed by atoms with Crippen LogP contribution in [0.1, 0.15) is 48.5 Å². The van der Waals surface area contributed by atoms with E-state index in [1.807, 2.05) is 31.2 Å². The molecule has 5 rings (SSSR count). The molecule has 0 N–H and O–H groups in total. The number of nitrogens with zero attached hydrogens (tertiary/aromatic N) is 3. The Hall–Kier alpha value is -2.86. The smallest absolute Gasteiger partial charge is 0.257 e. The fraction of sp³-hybridized carbons (Fsp3) is 0.375. The van der Waals surface area contributed by atoms with E-state index in [0.29, 0.717) is 35.7 Å². The number of hydrogen-bond acceptors (Lipinski definition) is 3. The number of rotatable bonds is 3. The lowest BCUT2D eigenvalue weighted by atomic mass is 9.97. The highest BCUT2D eigenvalue weighted by molar-refractivity contribution is 6.30. The van der Waals surface area contributed by atoms with Gasteiger partial charge in [-0.1, -0.05) is 23.7 Å². The Kier molecular flexibility index (Phi) is 4.77. The van der Waals surface area contributed by atoms with Gasteiger partial charge in [0.25, 0.3) is 5.91 Å². The van der Waals surface area contributed by atoms with Crippen LogP contribution in [0, 0.1) is 0 Å². The van der Waals surface area contributed by atoms with Crippen LogP contribution in [-0.4, -0.2) is 41.4 Å². The Morgan fingerprint density at radius 2 is 1.90 bits per heavy atom. The average molecular weight is 438 g/mol. The van der Waals surface area contributed by atoms with Crippen LogP contribution in [0.5, 0.6) is 0 Å². The molecule has 3 aliphatic rings. The molecular formula is C24H24ClN3O3. The number of para-hydroxylation sites is 1. The van der Waals surface area contributed by atoms with E-state index in [9.17, 15) is 14.4 Å². The lowest BCUT2D eigenvalue weighted by molar-refractivity contribution is -0.119. The molecule has 0 bridgehead atoms. The second-order valence-electron chi connectivity index (χ2n) is 8.59. The lowest BCUT2D eigenvalue weighted by Gasteiger charge is -2.48. The molecule has 0 spiro atoms. The maximum atomic E-state index is 13.3. The van der Waals surface area contributed by atoms with Gasteiger partial charge in [0.05, 0.1) is 11.3 Å². The molecule has 160 valence electrons. The molecule has 0 aromatic heterocycles. The van der Waals surface area contributed by atoms with Crippen molar-refractivity contribution in [3.8, 4) is 0 Å². The van der Waals surface area contributed by atoms with E-state index < -0.39 is 5.66 Å². The summed E-state index contributed by atoms with van der Waals surface area (Å²) in [5.41, 5.74) is 2.42. The van der Waals surface area contributed by atoms with Gasteiger partial charge in [-0.15, -0.1) is 0 Å². The van der Waals surface area contributed by atoms with E-state index >= 15 is 0 Å². The first-order valence-corrected chi connectivity index (χ1v) is 11.1. The molecule has 1 saturated heterocycles. The normalized spacial score (nSPS) is 22.3. The van der Waals surface area contributed by atoms with Gasteiger partial charge in [-0.2, -0.15) is 0 Å². The molecule has 6 nitrogen and oxygen atoms in total. The fourth-order valence-electron chi connectivity index (χ4n) is 5.21. The van der Waals surface area contributed by atoms with E-state index in [-0.39, 0.29) is 30.7 Å². The van der Waals surface area contributed by atoms with Gasteiger partial charge in [0.2, 0.25) is 11.8 Å². The third-order valence-corrected chi connectivity index (χ3v) is 6.99. The monoisotopic (exact) mass is 437 g/mol. The number of fused-ring (bicyclic) bond motifs is 4. The maximum Gasteiger partial charge on any atom is 0.257 e. The highest BCUT2D eigenvalue weighted by atomic mass is 35.5. The minimum Gasteiger partial charge on any atom is -0.315 e. The van der Waals surface area contributed by atoms with Crippen LogP contribution in [0.2, 0.25) is 5.02 Å². The molecular weight excluding hydrogens is 414 g/mol. The number of halogens is 1. The van der Waals surface area contributed by atoms with Crippen molar-refractivity contribution in [2.75, 3.05) is 22.9 Å². The fourth-order valence-corrected chi connectivity index (χ4v) is 5.40. The summed E-state index contributed by atoms with van der Waals surface area (Å²) in [5.74, 6) is -0.127. The van der Waals surface area contributed by atoms with E-state index in [2.05, 4.69) is 0 Å². The zero-order valence-electron chi connectivity index (χ0n) is 17.4. The first kappa shape index (κ1) is 20.1. The molecule has 0 radical (unpaired) electrons. The summed E-state index contributed by atoms with van der Waals surface area (Å²) in [4.78, 5) is 44.5. The van der Waals surface area contributed by atoms with E-state index in [1.54, 1.807) is 32.9 Å². The predicted octanol–water partition coefficient (Wildman–Crippen LogP) is 4.01. The molecule has 1 fully saturated rings. The molecule has 1 atom stereocenters. The minimum absolute atomic E-state index is 0.0145. The quantitative estimate of drug-likeness (QED) is 0.729. The van der Waals surface area contributed by atoms with Gasteiger partial charge < -0.3 is 9.80 Å². The van der Waals surface area contributed by atoms with Crippen molar-refractivity contribution in [1.82, 2.24) is 4.90 Å². The first-order valence-electron chi connectivity index (χ1n) is 10.7. The lowest BCUT2D eigenvalue weighted by Crippen LogP contribution is -2.62. The summed E-state index contributed by atoms with van der Waals surface area (Å²) in [6.07, 6.45) is 2.94. The minimum atomic E-state index is -0.740. The summed E-state index contributed by atoms with van der Waals surface area (Å²) in [6, 6.07) is 12.9. The topological polar surface area (TPSA) is 60.9 Å². The predicted molar refractivity (Wildman–Crippen MR) is 119 cm³/mol. The van der Waals surface area contributed by atoms with Crippen LogP contribution in [0.25, 0.3) is 0 Å². The Morgan fingerprint density at radius 3 is 2.74 bits per heavy atom. The van der Waals surface area contributed by atoms with Gasteiger partial charge >= 0.3 is 0 Å². The maximum absolute atomic E-state index is 13.3. The second kappa shape index (κ2) is 7.38. The van der Waals surface area contributed by atoms with Gasteiger partial charge in [-0.25, -0.2) is 0 Å². The molecule has 31 heavy (non-hydrogen) atoms. The van der Waals surface area contributed by atoms with Crippen molar-refractivity contribution in [2.24, 2.45) is 0 Å². The summed E-state index contributed by atoms with van der Waals surface area (Å²) in [5, 5.41) is 0.671. The molecule has 2 aromatic carbocycles. The van der Waals surface area contributed by atoms with E-state index in [4.69, 9.17) is 11.6 Å². The molecule has 0 aliphatic carbocycles. The van der Waals surface area contributed by atoms with Crippen LogP contribution < -0.4 is 9.80 Å². The number of benzene rings is 2. The van der Waals surface area contributed by atoms with E-state index in [0.717, 1.165) is 24.1 Å². The Balaban J connectivity index is 1.40. The number of anilines is 2. The summed E-state index contributed by atoms with van der Waals surface area (Å²) < 4.78 is 0. The van der Waals surface area contributed by atoms with Gasteiger partial charge in [0.15, 0.2) is 0 Å². The molecule has 7 heteroatoms. The van der Waals surface area contributed by atoms with Gasteiger partial charge in [0.1, 0.15) is 5.66 Å². The highest BCUT2D eigenvalue weighted by Gasteiger charge is 2.52. The molecule has 1 unspecified atom stereocenters. The Bertz CT molecular complexity index is 1100. The highest BCUT2D eigenvalue weighted by Crippen LogP contribution is 2.44. The van der Waals surface area contributed by atoms with Crippen LogP contribution in [0.4, 0.5) is 11.4 Å². The van der Waals surface area contributed by atoms with Crippen molar-refractivity contribution >= 4 is 40.7 Å². The van der Waals surface area contributed by atoms with Crippen molar-refractivity contribution in [3.63, 3.8) is 0 Å². The first-order chi connectivity index (χ1) is 14.9. The summed E-state index contributed by atoms with van der Waals surface area (Å²) in [6.45, 7) is 2.85. The van der Waals surface area contributed by atoms with Crippen LogP contribution >= 0.6 is 11.6 Å². The average Bonchev–Trinajstić information content (AvgIpc) is 3.08. The molecule has 3 aliphatic heterocycles. The third-order valence-electron chi connectivity index (χ3n) is 6.76. The van der Waals surface area contributed by atoms with Crippen molar-refractivity contribution in [2.45, 2.75) is 44.7 Å². The molecule has 2 aromatic rings. The molecule has 3 heterocycles. The van der Waals surface area contributed by atoms with Crippen LogP contribution in [-0.2, 0) is 16.0 Å². The van der Waals surface area contributed by atoms with Gasteiger partial charge in [-0.05, 0) is 62.1 Å².